The van der Waals surface area contributed by atoms with Crippen molar-refractivity contribution in [2.75, 3.05) is 6.54 Å². The summed E-state index contributed by atoms with van der Waals surface area (Å²) in [6.07, 6.45) is 4.33. The van der Waals surface area contributed by atoms with Gasteiger partial charge in [0.05, 0.1) is 5.41 Å². The number of nitrogens with zero attached hydrogens (tertiary/aromatic N) is 2. The van der Waals surface area contributed by atoms with Crippen LogP contribution < -0.4 is 5.73 Å². The summed E-state index contributed by atoms with van der Waals surface area (Å²) in [5.74, 6) is -0.241. The van der Waals surface area contributed by atoms with E-state index in [-0.39, 0.29) is 11.8 Å². The number of hydrogen-bond acceptors (Lipinski definition) is 4. The first-order valence-corrected chi connectivity index (χ1v) is 7.09. The molecule has 1 saturated carbocycles. The second-order valence-corrected chi connectivity index (χ2v) is 5.66. The summed E-state index contributed by atoms with van der Waals surface area (Å²) in [6, 6.07) is 3.38. The molecule has 1 aliphatic rings. The van der Waals surface area contributed by atoms with E-state index in [1.54, 1.807) is 0 Å². The van der Waals surface area contributed by atoms with Crippen molar-refractivity contribution in [2.24, 2.45) is 5.73 Å². The minimum atomic E-state index is -0.608. The fraction of sp³-hybridized carbons (Fsp3) is 0.467. The van der Waals surface area contributed by atoms with Gasteiger partial charge in [0, 0.05) is 19.0 Å². The summed E-state index contributed by atoms with van der Waals surface area (Å²) in [5, 5.41) is 3.92. The zero-order valence-electron chi connectivity index (χ0n) is 11.6. The molecule has 4 nitrogen and oxygen atoms in total. The summed E-state index contributed by atoms with van der Waals surface area (Å²) >= 11 is 0. The van der Waals surface area contributed by atoms with E-state index in [1.165, 1.54) is 12.1 Å². The van der Waals surface area contributed by atoms with E-state index in [2.05, 4.69) is 10.1 Å². The third kappa shape index (κ3) is 2.81. The molecule has 0 atom stereocenters. The van der Waals surface area contributed by atoms with Crippen LogP contribution in [-0.4, -0.2) is 16.7 Å². The molecule has 1 aromatic carbocycles. The largest absolute Gasteiger partial charge is 0.339 e. The second kappa shape index (κ2) is 5.52. The molecule has 0 unspecified atom stereocenters. The lowest BCUT2D eigenvalue weighted by Gasteiger charge is -2.21. The van der Waals surface area contributed by atoms with Crippen molar-refractivity contribution in [3.8, 4) is 0 Å². The molecular formula is C15H17F2N3O. The number of hydrogen-bond donors (Lipinski definition) is 1. The molecule has 21 heavy (non-hydrogen) atoms. The quantitative estimate of drug-likeness (QED) is 0.941. The van der Waals surface area contributed by atoms with Gasteiger partial charge in [-0.2, -0.15) is 4.98 Å². The van der Waals surface area contributed by atoms with Crippen LogP contribution in [0, 0.1) is 11.6 Å². The van der Waals surface area contributed by atoms with Crippen LogP contribution in [0.25, 0.3) is 0 Å². The van der Waals surface area contributed by atoms with Crippen LogP contribution in [0.5, 0.6) is 0 Å². The Kier molecular flexibility index (Phi) is 3.71. The van der Waals surface area contributed by atoms with Crippen molar-refractivity contribution in [2.45, 2.75) is 37.5 Å². The summed E-state index contributed by atoms with van der Waals surface area (Å²) in [6.45, 7) is 0.475. The molecule has 1 fully saturated rings. The number of benzene rings is 1. The minimum absolute atomic E-state index is 0.224. The van der Waals surface area contributed by atoms with Gasteiger partial charge in [0.2, 0.25) is 5.89 Å². The number of halogens is 2. The lowest BCUT2D eigenvalue weighted by molar-refractivity contribution is 0.283. The highest BCUT2D eigenvalue weighted by Gasteiger charge is 2.39. The molecule has 1 aliphatic carbocycles. The lowest BCUT2D eigenvalue weighted by atomic mass is 9.86. The molecule has 2 aromatic rings. The molecule has 3 rings (SSSR count). The predicted molar refractivity (Wildman–Crippen MR) is 72.7 cm³/mol. The van der Waals surface area contributed by atoms with Crippen LogP contribution in [0.1, 0.15) is 43.0 Å². The van der Waals surface area contributed by atoms with E-state index in [1.807, 2.05) is 0 Å². The van der Waals surface area contributed by atoms with Crippen LogP contribution in [0.4, 0.5) is 8.78 Å². The number of rotatable bonds is 4. The summed E-state index contributed by atoms with van der Waals surface area (Å²) in [4.78, 5) is 4.39. The Morgan fingerprint density at radius 2 is 1.81 bits per heavy atom. The van der Waals surface area contributed by atoms with Crippen LogP contribution in [0.2, 0.25) is 0 Å². The Bertz CT molecular complexity index is 615. The molecule has 2 N–H and O–H groups in total. The topological polar surface area (TPSA) is 64.9 Å². The van der Waals surface area contributed by atoms with Gasteiger partial charge >= 0.3 is 0 Å². The smallest absolute Gasteiger partial charge is 0.234 e. The molecule has 1 heterocycles. The average molecular weight is 293 g/mol. The number of nitrogens with two attached hydrogens (primary N) is 1. The Hall–Kier alpha value is -1.82. The first-order chi connectivity index (χ1) is 10.1. The van der Waals surface area contributed by atoms with Gasteiger partial charge < -0.3 is 10.3 Å². The van der Waals surface area contributed by atoms with Crippen LogP contribution in [0.3, 0.4) is 0 Å². The van der Waals surface area contributed by atoms with Gasteiger partial charge in [-0.25, -0.2) is 8.78 Å². The highest BCUT2D eigenvalue weighted by atomic mass is 19.1. The van der Waals surface area contributed by atoms with E-state index >= 15 is 0 Å². The minimum Gasteiger partial charge on any atom is -0.339 e. The molecule has 0 bridgehead atoms. The highest BCUT2D eigenvalue weighted by Crippen LogP contribution is 2.39. The van der Waals surface area contributed by atoms with Crippen LogP contribution in [-0.2, 0) is 11.8 Å². The first kappa shape index (κ1) is 14.1. The van der Waals surface area contributed by atoms with E-state index in [9.17, 15) is 8.78 Å². The normalized spacial score (nSPS) is 17.3. The summed E-state index contributed by atoms with van der Waals surface area (Å²) in [7, 11) is 0. The van der Waals surface area contributed by atoms with Gasteiger partial charge in [0.15, 0.2) is 5.82 Å². The van der Waals surface area contributed by atoms with Crippen molar-refractivity contribution in [1.29, 1.82) is 0 Å². The second-order valence-electron chi connectivity index (χ2n) is 5.66. The highest BCUT2D eigenvalue weighted by molar-refractivity contribution is 5.21. The standard InChI is InChI=1S/C15H17F2N3O/c16-11-5-10(6-12(17)8-11)7-13-19-14(21-20-13)15(9-18)3-1-2-4-15/h5-6,8H,1-4,7,9,18H2. The monoisotopic (exact) mass is 293 g/mol. The Morgan fingerprint density at radius 1 is 1.14 bits per heavy atom. The zero-order valence-corrected chi connectivity index (χ0v) is 11.6. The van der Waals surface area contributed by atoms with Gasteiger partial charge in [0.1, 0.15) is 11.6 Å². The Morgan fingerprint density at radius 3 is 2.43 bits per heavy atom. The van der Waals surface area contributed by atoms with Crippen molar-refractivity contribution in [3.05, 3.63) is 47.1 Å². The van der Waals surface area contributed by atoms with Crippen molar-refractivity contribution < 1.29 is 13.3 Å². The van der Waals surface area contributed by atoms with Gasteiger partial charge in [0.25, 0.3) is 0 Å². The molecule has 0 saturated heterocycles. The van der Waals surface area contributed by atoms with E-state index in [0.29, 0.717) is 23.8 Å². The summed E-state index contributed by atoms with van der Waals surface area (Å²) < 4.78 is 31.7. The third-order valence-electron chi connectivity index (χ3n) is 4.16. The van der Waals surface area contributed by atoms with Gasteiger partial charge in [-0.1, -0.05) is 18.0 Å². The number of aromatic nitrogens is 2. The predicted octanol–water partition coefficient (Wildman–Crippen LogP) is 2.71. The van der Waals surface area contributed by atoms with E-state index in [4.69, 9.17) is 10.3 Å². The maximum atomic E-state index is 13.2. The SMILES string of the molecule is NCC1(c2nc(Cc3cc(F)cc(F)c3)no2)CCCC1. The van der Waals surface area contributed by atoms with Crippen LogP contribution in [0.15, 0.2) is 22.7 Å². The van der Waals surface area contributed by atoms with Crippen LogP contribution >= 0.6 is 0 Å². The van der Waals surface area contributed by atoms with Gasteiger partial charge in [-0.15, -0.1) is 0 Å². The average Bonchev–Trinajstić information content (AvgIpc) is 3.06. The van der Waals surface area contributed by atoms with Crippen molar-refractivity contribution in [1.82, 2.24) is 10.1 Å². The maximum Gasteiger partial charge on any atom is 0.234 e. The molecule has 0 spiro atoms. The first-order valence-electron chi connectivity index (χ1n) is 7.09. The van der Waals surface area contributed by atoms with Crippen molar-refractivity contribution >= 4 is 0 Å². The maximum absolute atomic E-state index is 13.2. The molecule has 0 amide bonds. The molecular weight excluding hydrogens is 276 g/mol. The zero-order chi connectivity index (χ0) is 14.9. The molecule has 0 aliphatic heterocycles. The molecule has 6 heteroatoms. The fourth-order valence-corrected chi connectivity index (χ4v) is 2.99. The molecule has 0 radical (unpaired) electrons. The summed E-state index contributed by atoms with van der Waals surface area (Å²) in [5.41, 5.74) is 6.13. The lowest BCUT2D eigenvalue weighted by Crippen LogP contribution is -2.32. The van der Waals surface area contributed by atoms with Crippen molar-refractivity contribution in [3.63, 3.8) is 0 Å². The van der Waals surface area contributed by atoms with Gasteiger partial charge in [-0.3, -0.25) is 0 Å². The molecule has 1 aromatic heterocycles. The third-order valence-corrected chi connectivity index (χ3v) is 4.16. The van der Waals surface area contributed by atoms with E-state index < -0.39 is 11.6 Å². The Labute approximate surface area is 121 Å². The van der Waals surface area contributed by atoms with E-state index in [0.717, 1.165) is 31.7 Å². The molecule has 112 valence electrons. The fourth-order valence-electron chi connectivity index (χ4n) is 2.99. The van der Waals surface area contributed by atoms with Gasteiger partial charge in [-0.05, 0) is 30.5 Å². The Balaban J connectivity index is 1.82.